The lowest BCUT2D eigenvalue weighted by Crippen LogP contribution is -2.64. The van der Waals surface area contributed by atoms with Crippen molar-refractivity contribution in [1.82, 2.24) is 0 Å². The van der Waals surface area contributed by atoms with Crippen molar-refractivity contribution in [2.24, 2.45) is 0 Å². The maximum Gasteiger partial charge on any atom is 0.190 e. The van der Waals surface area contributed by atoms with Gasteiger partial charge in [-0.1, -0.05) is 0 Å². The summed E-state index contributed by atoms with van der Waals surface area (Å²) in [5.41, 5.74) is 0. The highest BCUT2D eigenvalue weighted by Crippen LogP contribution is 2.30. The first kappa shape index (κ1) is 22.8. The van der Waals surface area contributed by atoms with Gasteiger partial charge < -0.3 is 53.6 Å². The predicted octanol–water partition coefficient (Wildman–Crippen LogP) is -2.78. The van der Waals surface area contributed by atoms with E-state index in [1.165, 1.54) is 28.4 Å². The van der Waals surface area contributed by atoms with Gasteiger partial charge in [-0.2, -0.15) is 0 Å². The van der Waals surface area contributed by atoms with Crippen LogP contribution in [0.4, 0.5) is 0 Å². The molecule has 2 fully saturated rings. The van der Waals surface area contributed by atoms with Crippen LogP contribution in [0.5, 0.6) is 0 Å². The SMILES string of the molecule is COC[C@H]1O[C@H](O[C@H]2O[C@H](CO)[C@@H](O)[C@H](O)[C@H]2OC)[C@H](O)[C@@H](OC)[C@@H]1OC. The van der Waals surface area contributed by atoms with E-state index < -0.39 is 68.0 Å². The molecule has 27 heavy (non-hydrogen) atoms. The first-order valence-corrected chi connectivity index (χ1v) is 8.62. The number of aliphatic hydroxyl groups is 4. The zero-order valence-corrected chi connectivity index (χ0v) is 15.8. The molecule has 10 atom stereocenters. The monoisotopic (exact) mass is 398 g/mol. The maximum absolute atomic E-state index is 10.6. The van der Waals surface area contributed by atoms with Crippen molar-refractivity contribution >= 4 is 0 Å². The van der Waals surface area contributed by atoms with E-state index in [-0.39, 0.29) is 6.61 Å². The van der Waals surface area contributed by atoms with E-state index in [9.17, 15) is 20.4 Å². The molecule has 0 amide bonds. The Bertz CT molecular complexity index is 439. The first-order chi connectivity index (χ1) is 12.9. The number of hydrogen-bond donors (Lipinski definition) is 4. The topological polar surface area (TPSA) is 146 Å². The fraction of sp³-hybridized carbons (Fsp3) is 1.00. The van der Waals surface area contributed by atoms with Crippen LogP contribution in [0.3, 0.4) is 0 Å². The Hall–Kier alpha value is -0.440. The molecule has 0 unspecified atom stereocenters. The van der Waals surface area contributed by atoms with Crippen LogP contribution in [-0.2, 0) is 33.2 Å². The molecular weight excluding hydrogens is 368 g/mol. The molecule has 0 spiro atoms. The van der Waals surface area contributed by atoms with Crippen LogP contribution in [0.25, 0.3) is 0 Å². The summed E-state index contributed by atoms with van der Waals surface area (Å²) in [5.74, 6) is 0. The van der Waals surface area contributed by atoms with Crippen molar-refractivity contribution in [3.63, 3.8) is 0 Å². The summed E-state index contributed by atoms with van der Waals surface area (Å²) in [5, 5.41) is 40.1. The Morgan fingerprint density at radius 3 is 1.81 bits per heavy atom. The summed E-state index contributed by atoms with van der Waals surface area (Å²) in [6.07, 6.45) is -10.5. The first-order valence-electron chi connectivity index (χ1n) is 8.62. The van der Waals surface area contributed by atoms with Crippen LogP contribution >= 0.6 is 0 Å². The second-order valence-electron chi connectivity index (χ2n) is 6.43. The van der Waals surface area contributed by atoms with Crippen LogP contribution in [0.1, 0.15) is 0 Å². The zero-order chi connectivity index (χ0) is 20.1. The lowest BCUT2D eigenvalue weighted by Gasteiger charge is -2.46. The molecule has 2 rings (SSSR count). The third kappa shape index (κ3) is 4.77. The van der Waals surface area contributed by atoms with Gasteiger partial charge in [0.15, 0.2) is 12.6 Å². The van der Waals surface area contributed by atoms with Crippen molar-refractivity contribution in [3.05, 3.63) is 0 Å². The smallest absolute Gasteiger partial charge is 0.190 e. The van der Waals surface area contributed by atoms with E-state index in [1.54, 1.807) is 0 Å². The van der Waals surface area contributed by atoms with E-state index in [0.29, 0.717) is 0 Å². The summed E-state index contributed by atoms with van der Waals surface area (Å²) in [7, 11) is 5.69. The lowest BCUT2D eigenvalue weighted by atomic mass is 9.97. The molecule has 0 aromatic heterocycles. The van der Waals surface area contributed by atoms with E-state index >= 15 is 0 Å². The Kier molecular flexibility index (Phi) is 8.77. The average molecular weight is 398 g/mol. The molecule has 0 aliphatic carbocycles. The van der Waals surface area contributed by atoms with Crippen molar-refractivity contribution < 1.29 is 53.6 Å². The van der Waals surface area contributed by atoms with Crippen LogP contribution in [0, 0.1) is 0 Å². The Balaban J connectivity index is 2.17. The molecule has 2 aliphatic rings. The van der Waals surface area contributed by atoms with E-state index in [0.717, 1.165) is 0 Å². The molecule has 2 aliphatic heterocycles. The quantitative estimate of drug-likeness (QED) is 0.337. The lowest BCUT2D eigenvalue weighted by molar-refractivity contribution is -0.380. The number of ether oxygens (including phenoxy) is 7. The molecule has 2 heterocycles. The largest absolute Gasteiger partial charge is 0.394 e. The summed E-state index contributed by atoms with van der Waals surface area (Å²) in [4.78, 5) is 0. The molecule has 0 aromatic carbocycles. The van der Waals surface area contributed by atoms with Crippen molar-refractivity contribution in [3.8, 4) is 0 Å². The normalized spacial score (nSPS) is 45.8. The van der Waals surface area contributed by atoms with Gasteiger partial charge in [-0.25, -0.2) is 0 Å². The summed E-state index contributed by atoms with van der Waals surface area (Å²) in [6.45, 7) is -0.383. The van der Waals surface area contributed by atoms with Crippen LogP contribution < -0.4 is 0 Å². The van der Waals surface area contributed by atoms with Crippen molar-refractivity contribution in [1.29, 1.82) is 0 Å². The molecule has 160 valence electrons. The zero-order valence-electron chi connectivity index (χ0n) is 15.8. The molecule has 2 saturated heterocycles. The molecule has 4 N–H and O–H groups in total. The van der Waals surface area contributed by atoms with Crippen LogP contribution in [0.15, 0.2) is 0 Å². The fourth-order valence-corrected chi connectivity index (χ4v) is 3.41. The second kappa shape index (κ2) is 10.4. The van der Waals surface area contributed by atoms with E-state index in [4.69, 9.17) is 33.2 Å². The van der Waals surface area contributed by atoms with Gasteiger partial charge in [-0.15, -0.1) is 0 Å². The van der Waals surface area contributed by atoms with Gasteiger partial charge in [0, 0.05) is 28.4 Å². The molecule has 0 radical (unpaired) electrons. The number of aliphatic hydroxyl groups excluding tert-OH is 4. The standard InChI is InChI=1S/C16H30O11/c1-21-6-8-12(22-2)13(23-3)11(20)15(26-8)27-16-14(24-4)10(19)9(18)7(5-17)25-16/h7-20H,5-6H2,1-4H3/t7-,8-,9-,10+,11-,12-,13-,14-,15-,16-/m1/s1. The van der Waals surface area contributed by atoms with Gasteiger partial charge in [0.25, 0.3) is 0 Å². The average Bonchev–Trinajstić information content (AvgIpc) is 2.66. The predicted molar refractivity (Wildman–Crippen MR) is 87.8 cm³/mol. The van der Waals surface area contributed by atoms with Gasteiger partial charge >= 0.3 is 0 Å². The van der Waals surface area contributed by atoms with Crippen LogP contribution in [0.2, 0.25) is 0 Å². The molecule has 0 bridgehead atoms. The highest BCUT2D eigenvalue weighted by molar-refractivity contribution is 4.94. The molecule has 0 aromatic rings. The number of hydrogen-bond acceptors (Lipinski definition) is 11. The second-order valence-corrected chi connectivity index (χ2v) is 6.43. The molecule has 11 heteroatoms. The Labute approximate surface area is 157 Å². The Morgan fingerprint density at radius 1 is 0.704 bits per heavy atom. The summed E-state index contributed by atoms with van der Waals surface area (Å²) >= 11 is 0. The summed E-state index contributed by atoms with van der Waals surface area (Å²) in [6, 6.07) is 0. The highest BCUT2D eigenvalue weighted by atomic mass is 16.8. The minimum Gasteiger partial charge on any atom is -0.394 e. The van der Waals surface area contributed by atoms with Gasteiger partial charge in [0.1, 0.15) is 48.8 Å². The van der Waals surface area contributed by atoms with Gasteiger partial charge in [-0.3, -0.25) is 0 Å². The minimum atomic E-state index is -1.37. The van der Waals surface area contributed by atoms with E-state index in [1.807, 2.05) is 0 Å². The highest BCUT2D eigenvalue weighted by Gasteiger charge is 2.51. The van der Waals surface area contributed by atoms with Gasteiger partial charge in [0.2, 0.25) is 0 Å². The Morgan fingerprint density at radius 2 is 1.30 bits per heavy atom. The maximum atomic E-state index is 10.6. The van der Waals surface area contributed by atoms with Gasteiger partial charge in [-0.05, 0) is 0 Å². The van der Waals surface area contributed by atoms with Gasteiger partial charge in [0.05, 0.1) is 13.2 Å². The number of rotatable bonds is 8. The third-order valence-corrected chi connectivity index (χ3v) is 4.85. The minimum absolute atomic E-state index is 0.158. The third-order valence-electron chi connectivity index (χ3n) is 4.85. The van der Waals surface area contributed by atoms with Crippen LogP contribution in [-0.4, -0.2) is 123 Å². The van der Waals surface area contributed by atoms with Crippen molar-refractivity contribution in [2.75, 3.05) is 41.7 Å². The molecule has 0 saturated carbocycles. The molecule has 11 nitrogen and oxygen atoms in total. The number of methoxy groups -OCH3 is 4. The molecular formula is C16H30O11. The van der Waals surface area contributed by atoms with Crippen molar-refractivity contribution in [2.45, 2.75) is 61.4 Å². The fourth-order valence-electron chi connectivity index (χ4n) is 3.41. The van der Waals surface area contributed by atoms with E-state index in [2.05, 4.69) is 0 Å². The summed E-state index contributed by atoms with van der Waals surface area (Å²) < 4.78 is 38.0.